The van der Waals surface area contributed by atoms with Crippen LogP contribution in [0.15, 0.2) is 36.9 Å². The molecule has 2 aliphatic rings. The van der Waals surface area contributed by atoms with Gasteiger partial charge in [-0.1, -0.05) is 6.07 Å². The Morgan fingerprint density at radius 1 is 1.11 bits per heavy atom. The Labute approximate surface area is 207 Å². The minimum Gasteiger partial charge on any atom is -0.324 e. The molecule has 1 amide bonds. The lowest BCUT2D eigenvalue weighted by Gasteiger charge is -2.31. The lowest BCUT2D eigenvalue weighted by molar-refractivity contribution is -0.123. The first-order valence-electron chi connectivity index (χ1n) is 11.7. The summed E-state index contributed by atoms with van der Waals surface area (Å²) in [4.78, 5) is 35.7. The molecule has 1 fully saturated rings. The van der Waals surface area contributed by atoms with E-state index in [2.05, 4.69) is 25.3 Å². The van der Waals surface area contributed by atoms with Crippen molar-refractivity contribution < 1.29 is 13.2 Å². The zero-order chi connectivity index (χ0) is 25.2. The molecule has 1 spiro atoms. The number of sulfonamides is 1. The number of aryl methyl sites for hydroxylation is 2. The highest BCUT2D eigenvalue weighted by Gasteiger charge is 2.57. The number of anilines is 1. The zero-order valence-electron chi connectivity index (χ0n) is 20.1. The highest BCUT2D eigenvalue weighted by atomic mass is 32.2. The molecular weight excluding hydrogens is 480 g/mol. The molecule has 2 aliphatic heterocycles. The number of carbonyl (C=O) groups excluding carboxylic acids is 1. The number of benzene rings is 1. The molecular formula is C24H24N8O3S. The molecule has 0 aliphatic carbocycles. The van der Waals surface area contributed by atoms with E-state index in [-0.39, 0.29) is 5.91 Å². The average molecular weight is 505 g/mol. The van der Waals surface area contributed by atoms with Crippen molar-refractivity contribution >= 4 is 32.8 Å². The summed E-state index contributed by atoms with van der Waals surface area (Å²) in [6.45, 7) is 4.77. The minimum atomic E-state index is -3.60. The first-order valence-corrected chi connectivity index (χ1v) is 13.5. The summed E-state index contributed by atoms with van der Waals surface area (Å²) in [5, 5.41) is 2.89. The van der Waals surface area contributed by atoms with Crippen LogP contribution in [0.4, 0.5) is 5.69 Å². The van der Waals surface area contributed by atoms with Crippen LogP contribution in [0.25, 0.3) is 33.8 Å². The van der Waals surface area contributed by atoms with Gasteiger partial charge in [-0.05, 0) is 38.8 Å². The molecule has 0 saturated carbocycles. The fourth-order valence-corrected chi connectivity index (χ4v) is 6.70. The third-order valence-electron chi connectivity index (χ3n) is 6.98. The van der Waals surface area contributed by atoms with Gasteiger partial charge in [-0.15, -0.1) is 0 Å². The van der Waals surface area contributed by atoms with Crippen molar-refractivity contribution in [2.45, 2.75) is 38.8 Å². The summed E-state index contributed by atoms with van der Waals surface area (Å²) in [7, 11) is -3.60. The number of nitrogens with one attached hydrogen (secondary N) is 1. The van der Waals surface area contributed by atoms with Crippen molar-refractivity contribution in [3.8, 4) is 22.6 Å². The summed E-state index contributed by atoms with van der Waals surface area (Å²) in [5.74, 6) is 1.04. The maximum absolute atomic E-state index is 13.2. The molecule has 184 valence electrons. The van der Waals surface area contributed by atoms with E-state index >= 15 is 0 Å². The van der Waals surface area contributed by atoms with E-state index in [1.807, 2.05) is 30.5 Å². The standard InChI is InChI=1S/C24H24N8O3S/c1-4-31-21(16-11-25-14(2)26-12-16)30-20-19(27-13-28-22(20)31)15-6-7-18-17(10-15)24(23(33)29-18)8-5-9-32(24)36(3,34)35/h6-7,10-13H,4-5,8-9H2,1-3H3,(H,29,33)/t24-/m0/s1. The Morgan fingerprint density at radius 2 is 1.89 bits per heavy atom. The Kier molecular flexibility index (Phi) is 4.96. The van der Waals surface area contributed by atoms with Gasteiger partial charge in [0.1, 0.15) is 34.7 Å². The van der Waals surface area contributed by atoms with Gasteiger partial charge >= 0.3 is 0 Å². The molecule has 6 rings (SSSR count). The minimum absolute atomic E-state index is 0.302. The van der Waals surface area contributed by atoms with Crippen molar-refractivity contribution in [1.82, 2.24) is 33.8 Å². The fourth-order valence-electron chi connectivity index (χ4n) is 5.41. The second-order valence-corrected chi connectivity index (χ2v) is 11.0. The van der Waals surface area contributed by atoms with E-state index in [9.17, 15) is 13.2 Å². The van der Waals surface area contributed by atoms with E-state index in [0.29, 0.717) is 65.7 Å². The Bertz CT molecular complexity index is 1650. The topological polar surface area (TPSA) is 136 Å². The lowest BCUT2D eigenvalue weighted by Crippen LogP contribution is -2.49. The second kappa shape index (κ2) is 7.87. The predicted octanol–water partition coefficient (Wildman–Crippen LogP) is 2.48. The van der Waals surface area contributed by atoms with Crippen molar-refractivity contribution in [2.24, 2.45) is 0 Å². The van der Waals surface area contributed by atoms with Crippen LogP contribution in [0.5, 0.6) is 0 Å². The summed E-state index contributed by atoms with van der Waals surface area (Å²) in [6.07, 6.45) is 7.13. The van der Waals surface area contributed by atoms with Gasteiger partial charge in [-0.25, -0.2) is 33.3 Å². The first kappa shape index (κ1) is 22.7. The van der Waals surface area contributed by atoms with Gasteiger partial charge < -0.3 is 9.88 Å². The molecule has 3 aromatic heterocycles. The first-order chi connectivity index (χ1) is 17.2. The molecule has 1 atom stereocenters. The molecule has 36 heavy (non-hydrogen) atoms. The number of aromatic nitrogens is 6. The molecule has 11 nitrogen and oxygen atoms in total. The Balaban J connectivity index is 1.54. The number of fused-ring (bicyclic) bond motifs is 3. The highest BCUT2D eigenvalue weighted by Crippen LogP contribution is 2.49. The van der Waals surface area contributed by atoms with Crippen molar-refractivity contribution in [2.75, 3.05) is 18.1 Å². The van der Waals surface area contributed by atoms with E-state index in [0.717, 1.165) is 17.4 Å². The normalized spacial score (nSPS) is 19.8. The molecule has 12 heteroatoms. The van der Waals surface area contributed by atoms with Gasteiger partial charge in [0.15, 0.2) is 5.65 Å². The molecule has 0 unspecified atom stereocenters. The maximum atomic E-state index is 13.2. The summed E-state index contributed by atoms with van der Waals surface area (Å²) >= 11 is 0. The number of hydrogen-bond acceptors (Lipinski definition) is 8. The van der Waals surface area contributed by atoms with Crippen molar-refractivity contribution in [3.05, 3.63) is 48.3 Å². The van der Waals surface area contributed by atoms with E-state index < -0.39 is 15.6 Å². The Hall–Kier alpha value is -3.77. The SMILES string of the molecule is CCn1c(-c2cnc(C)nc2)nc2c(-c3ccc4c(c3)[C@@]3(CCCN3S(C)(=O)=O)C(=O)N4)ncnc21. The van der Waals surface area contributed by atoms with Crippen LogP contribution in [0, 0.1) is 6.92 Å². The smallest absolute Gasteiger partial charge is 0.250 e. The van der Waals surface area contributed by atoms with Crippen molar-refractivity contribution in [1.29, 1.82) is 0 Å². The van der Waals surface area contributed by atoms with Crippen LogP contribution in [-0.4, -0.2) is 60.9 Å². The van der Waals surface area contributed by atoms with Gasteiger partial charge in [0.25, 0.3) is 5.91 Å². The van der Waals surface area contributed by atoms with Crippen LogP contribution in [0.1, 0.15) is 31.2 Å². The van der Waals surface area contributed by atoms with Crippen molar-refractivity contribution in [3.63, 3.8) is 0 Å². The zero-order valence-corrected chi connectivity index (χ0v) is 20.9. The second-order valence-electron chi connectivity index (χ2n) is 9.11. The Morgan fingerprint density at radius 3 is 2.61 bits per heavy atom. The largest absolute Gasteiger partial charge is 0.324 e. The average Bonchev–Trinajstić information content (AvgIpc) is 3.54. The number of rotatable bonds is 4. The van der Waals surface area contributed by atoms with Gasteiger partial charge in [0.05, 0.1) is 11.8 Å². The molecule has 1 saturated heterocycles. The summed E-state index contributed by atoms with van der Waals surface area (Å²) < 4.78 is 28.5. The maximum Gasteiger partial charge on any atom is 0.250 e. The van der Waals surface area contributed by atoms with Crippen LogP contribution in [0.2, 0.25) is 0 Å². The molecule has 1 aromatic carbocycles. The summed E-state index contributed by atoms with van der Waals surface area (Å²) in [6, 6.07) is 5.52. The number of hydrogen-bond donors (Lipinski definition) is 1. The highest BCUT2D eigenvalue weighted by molar-refractivity contribution is 7.88. The number of nitrogens with zero attached hydrogens (tertiary/aromatic N) is 7. The molecule has 5 heterocycles. The van der Waals surface area contributed by atoms with E-state index in [4.69, 9.17) is 4.98 Å². The monoisotopic (exact) mass is 504 g/mol. The van der Waals surface area contributed by atoms with Crippen LogP contribution in [-0.2, 0) is 26.9 Å². The third-order valence-corrected chi connectivity index (χ3v) is 8.27. The van der Waals surface area contributed by atoms with Gasteiger partial charge in [0, 0.05) is 42.3 Å². The van der Waals surface area contributed by atoms with Gasteiger partial charge in [-0.3, -0.25) is 4.79 Å². The fraction of sp³-hybridized carbons (Fsp3) is 0.333. The van der Waals surface area contributed by atoms with Crippen LogP contribution >= 0.6 is 0 Å². The molecule has 0 bridgehead atoms. The van der Waals surface area contributed by atoms with E-state index in [1.165, 1.54) is 10.6 Å². The third kappa shape index (κ3) is 3.17. The number of imidazole rings is 1. The predicted molar refractivity (Wildman–Crippen MR) is 133 cm³/mol. The van der Waals surface area contributed by atoms with E-state index in [1.54, 1.807) is 18.5 Å². The quantitative estimate of drug-likeness (QED) is 0.448. The van der Waals surface area contributed by atoms with Gasteiger partial charge in [0.2, 0.25) is 10.0 Å². The molecule has 4 aromatic rings. The number of carbonyl (C=O) groups is 1. The number of amides is 1. The van der Waals surface area contributed by atoms with Crippen LogP contribution in [0.3, 0.4) is 0 Å². The van der Waals surface area contributed by atoms with Crippen LogP contribution < -0.4 is 5.32 Å². The lowest BCUT2D eigenvalue weighted by atomic mass is 9.88. The van der Waals surface area contributed by atoms with Gasteiger partial charge in [-0.2, -0.15) is 4.31 Å². The molecule has 0 radical (unpaired) electrons. The molecule has 1 N–H and O–H groups in total. The summed E-state index contributed by atoms with van der Waals surface area (Å²) in [5.41, 5.74) is 3.37.